The Morgan fingerprint density at radius 3 is 1.67 bits per heavy atom. The second-order valence-electron chi connectivity index (χ2n) is 5.71. The van der Waals surface area contributed by atoms with Crippen LogP contribution in [0.1, 0.15) is 71.1 Å². The van der Waals surface area contributed by atoms with E-state index >= 15 is 0 Å². The molecule has 0 saturated heterocycles. The van der Waals surface area contributed by atoms with Crippen molar-refractivity contribution in [2.75, 3.05) is 33.0 Å². The first-order chi connectivity index (χ1) is 11.1. The van der Waals surface area contributed by atoms with Gasteiger partial charge in [-0.05, 0) is 6.42 Å². The van der Waals surface area contributed by atoms with Gasteiger partial charge in [0, 0.05) is 6.61 Å². The standard InChI is InChI=1S/C16H35O6P.Na/c1-2-3-4-5-6-7-8-9-10-11-12-20-13-14-21-15-16-22-23(17,18)19;/h2-16H2,1H3,(H2,17,18,19);/q;+1/p-1. The van der Waals surface area contributed by atoms with Gasteiger partial charge in [0.2, 0.25) is 0 Å². The summed E-state index contributed by atoms with van der Waals surface area (Å²) in [6.45, 7) is 3.82. The van der Waals surface area contributed by atoms with E-state index < -0.39 is 7.82 Å². The molecule has 0 aromatic carbocycles. The summed E-state index contributed by atoms with van der Waals surface area (Å²) < 4.78 is 24.9. The molecule has 6 nitrogen and oxygen atoms in total. The first-order valence-corrected chi connectivity index (χ1v) is 10.4. The summed E-state index contributed by atoms with van der Waals surface area (Å²) in [6.07, 6.45) is 13.0. The van der Waals surface area contributed by atoms with Crippen LogP contribution in [-0.2, 0) is 18.6 Å². The quantitative estimate of drug-likeness (QED) is 0.212. The van der Waals surface area contributed by atoms with Crippen molar-refractivity contribution in [3.63, 3.8) is 0 Å². The van der Waals surface area contributed by atoms with Gasteiger partial charge < -0.3 is 23.8 Å². The zero-order chi connectivity index (χ0) is 17.2. The molecule has 0 aliphatic heterocycles. The molecule has 0 fully saturated rings. The molecule has 0 rings (SSSR count). The third-order valence-corrected chi connectivity index (χ3v) is 4.01. The Labute approximate surface area is 169 Å². The van der Waals surface area contributed by atoms with Crippen molar-refractivity contribution >= 4 is 7.82 Å². The summed E-state index contributed by atoms with van der Waals surface area (Å²) in [4.78, 5) is 18.6. The smallest absolute Gasteiger partial charge is 0.756 e. The third kappa shape index (κ3) is 25.3. The number of rotatable bonds is 18. The van der Waals surface area contributed by atoms with E-state index in [0.717, 1.165) is 13.0 Å². The molecule has 0 aromatic rings. The van der Waals surface area contributed by atoms with Crippen LogP contribution in [0.5, 0.6) is 0 Å². The molecule has 0 aliphatic rings. The van der Waals surface area contributed by atoms with Crippen LogP contribution in [0.4, 0.5) is 0 Å². The molecule has 0 spiro atoms. The summed E-state index contributed by atoms with van der Waals surface area (Å²) in [5.74, 6) is 0. The molecule has 1 atom stereocenters. The largest absolute Gasteiger partial charge is 1.00 e. The van der Waals surface area contributed by atoms with Gasteiger partial charge in [0.25, 0.3) is 7.82 Å². The average Bonchev–Trinajstić information content (AvgIpc) is 2.49. The van der Waals surface area contributed by atoms with Crippen molar-refractivity contribution in [1.29, 1.82) is 0 Å². The minimum Gasteiger partial charge on any atom is -0.756 e. The van der Waals surface area contributed by atoms with Crippen molar-refractivity contribution in [3.05, 3.63) is 0 Å². The van der Waals surface area contributed by atoms with Crippen molar-refractivity contribution in [3.8, 4) is 0 Å². The SMILES string of the molecule is CCCCCCCCCCCCOCCOCCOP(=O)([O-])O.[Na+]. The Hall–Kier alpha value is 1.03. The van der Waals surface area contributed by atoms with Crippen LogP contribution >= 0.6 is 7.82 Å². The van der Waals surface area contributed by atoms with Crippen LogP contribution in [-0.4, -0.2) is 37.9 Å². The van der Waals surface area contributed by atoms with Crippen molar-refractivity contribution < 1.29 is 57.9 Å². The zero-order valence-electron chi connectivity index (χ0n) is 15.5. The van der Waals surface area contributed by atoms with Crippen molar-refractivity contribution in [2.24, 2.45) is 0 Å². The Kier molecular flexibility index (Phi) is 23.1. The van der Waals surface area contributed by atoms with E-state index in [4.69, 9.17) is 14.4 Å². The molecule has 0 aromatic heterocycles. The molecule has 0 bridgehead atoms. The molecule has 1 N–H and O–H groups in total. The van der Waals surface area contributed by atoms with Crippen LogP contribution < -0.4 is 34.5 Å². The summed E-state index contributed by atoms with van der Waals surface area (Å²) in [7, 11) is -4.62. The number of ether oxygens (including phenoxy) is 2. The van der Waals surface area contributed by atoms with Gasteiger partial charge in [-0.25, -0.2) is 0 Å². The van der Waals surface area contributed by atoms with Gasteiger partial charge in [-0.3, -0.25) is 4.57 Å². The molecule has 140 valence electrons. The summed E-state index contributed by atoms with van der Waals surface area (Å²) in [5, 5.41) is 0. The van der Waals surface area contributed by atoms with Gasteiger partial charge in [0.1, 0.15) is 0 Å². The van der Waals surface area contributed by atoms with E-state index in [1.54, 1.807) is 0 Å². The molecule has 8 heteroatoms. The first kappa shape index (κ1) is 27.3. The maximum atomic E-state index is 10.3. The number of unbranched alkanes of at least 4 members (excludes halogenated alkanes) is 9. The Morgan fingerprint density at radius 1 is 0.750 bits per heavy atom. The van der Waals surface area contributed by atoms with E-state index in [9.17, 15) is 9.46 Å². The fraction of sp³-hybridized carbons (Fsp3) is 1.00. The molecule has 0 aliphatic carbocycles. The second kappa shape index (κ2) is 20.3. The van der Waals surface area contributed by atoms with Crippen LogP contribution in [0, 0.1) is 0 Å². The number of hydrogen-bond acceptors (Lipinski definition) is 5. The monoisotopic (exact) mass is 376 g/mol. The molecular weight excluding hydrogens is 342 g/mol. The Bertz CT molecular complexity index is 288. The number of phosphoric ester groups is 1. The Balaban J connectivity index is 0. The van der Waals surface area contributed by atoms with Gasteiger partial charge in [-0.1, -0.05) is 64.7 Å². The van der Waals surface area contributed by atoms with Gasteiger partial charge >= 0.3 is 29.6 Å². The normalized spacial score (nSPS) is 13.5. The van der Waals surface area contributed by atoms with E-state index in [2.05, 4.69) is 11.4 Å². The summed E-state index contributed by atoms with van der Waals surface area (Å²) in [6, 6.07) is 0. The number of hydrogen-bond donors (Lipinski definition) is 1. The Morgan fingerprint density at radius 2 is 1.17 bits per heavy atom. The molecule has 0 amide bonds. The molecular formula is C16H34NaO6P. The van der Waals surface area contributed by atoms with Crippen LogP contribution in [0.25, 0.3) is 0 Å². The van der Waals surface area contributed by atoms with E-state index in [0.29, 0.717) is 13.2 Å². The predicted octanol–water partition coefficient (Wildman–Crippen LogP) is 0.422. The van der Waals surface area contributed by atoms with Gasteiger partial charge in [-0.2, -0.15) is 0 Å². The molecule has 0 heterocycles. The van der Waals surface area contributed by atoms with E-state index in [1.807, 2.05) is 0 Å². The summed E-state index contributed by atoms with van der Waals surface area (Å²) >= 11 is 0. The van der Waals surface area contributed by atoms with Gasteiger partial charge in [0.05, 0.1) is 26.4 Å². The van der Waals surface area contributed by atoms with Crippen LogP contribution in [0.2, 0.25) is 0 Å². The minimum absolute atomic E-state index is 0. The molecule has 0 radical (unpaired) electrons. The molecule has 24 heavy (non-hydrogen) atoms. The van der Waals surface area contributed by atoms with Crippen LogP contribution in [0.3, 0.4) is 0 Å². The fourth-order valence-electron chi connectivity index (χ4n) is 2.23. The molecule has 0 saturated carbocycles. The van der Waals surface area contributed by atoms with Crippen molar-refractivity contribution in [2.45, 2.75) is 71.1 Å². The fourth-order valence-corrected chi connectivity index (χ4v) is 2.53. The predicted molar refractivity (Wildman–Crippen MR) is 89.3 cm³/mol. The molecule has 1 unspecified atom stereocenters. The van der Waals surface area contributed by atoms with Gasteiger partial charge in [0.15, 0.2) is 0 Å². The topological polar surface area (TPSA) is 88.1 Å². The second-order valence-corrected chi connectivity index (χ2v) is 6.90. The van der Waals surface area contributed by atoms with Crippen LogP contribution in [0.15, 0.2) is 0 Å². The van der Waals surface area contributed by atoms with E-state index in [1.165, 1.54) is 57.8 Å². The van der Waals surface area contributed by atoms with E-state index in [-0.39, 0.29) is 42.8 Å². The zero-order valence-corrected chi connectivity index (χ0v) is 18.4. The third-order valence-electron chi connectivity index (χ3n) is 3.50. The van der Waals surface area contributed by atoms with Crippen molar-refractivity contribution in [1.82, 2.24) is 0 Å². The summed E-state index contributed by atoms with van der Waals surface area (Å²) in [5.41, 5.74) is 0. The average molecular weight is 376 g/mol. The number of phosphoric acid groups is 1. The minimum atomic E-state index is -4.62. The van der Waals surface area contributed by atoms with Gasteiger partial charge in [-0.15, -0.1) is 0 Å². The maximum absolute atomic E-state index is 10.3. The maximum Gasteiger partial charge on any atom is 1.00 e. The first-order valence-electron chi connectivity index (χ1n) is 8.90.